The molecule has 0 aliphatic carbocycles. The number of non-ortho nitro benzene ring substituents is 1. The van der Waals surface area contributed by atoms with Gasteiger partial charge >= 0.3 is 0 Å². The summed E-state index contributed by atoms with van der Waals surface area (Å²) in [6.07, 6.45) is 1.97. The summed E-state index contributed by atoms with van der Waals surface area (Å²) >= 11 is 1.64. The van der Waals surface area contributed by atoms with E-state index in [2.05, 4.69) is 11.9 Å². The average Bonchev–Trinajstić information content (AvgIpc) is 2.72. The Morgan fingerprint density at radius 2 is 2.00 bits per heavy atom. The van der Waals surface area contributed by atoms with E-state index in [4.69, 9.17) is 0 Å². The minimum absolute atomic E-state index is 0. The Hall–Kier alpha value is -2.19. The van der Waals surface area contributed by atoms with E-state index in [1.54, 1.807) is 23.9 Å². The molecule has 0 N–H and O–H groups in total. The van der Waals surface area contributed by atoms with Crippen molar-refractivity contribution in [2.45, 2.75) is 19.8 Å². The number of rotatable bonds is 6. The predicted octanol–water partition coefficient (Wildman–Crippen LogP) is 4.92. The molecule has 28 heavy (non-hydrogen) atoms. The number of benzene rings is 2. The summed E-state index contributed by atoms with van der Waals surface area (Å²) in [6.45, 7) is 2.94. The van der Waals surface area contributed by atoms with E-state index in [1.165, 1.54) is 17.7 Å². The molecule has 0 bridgehead atoms. The van der Waals surface area contributed by atoms with E-state index >= 15 is 0 Å². The number of carbonyl (C=O) groups is 1. The lowest BCUT2D eigenvalue weighted by atomic mass is 10.1. The van der Waals surface area contributed by atoms with E-state index in [0.717, 1.165) is 36.0 Å². The first-order valence-corrected chi connectivity index (χ1v) is 9.88. The van der Waals surface area contributed by atoms with Crippen molar-refractivity contribution in [1.82, 2.24) is 0 Å². The van der Waals surface area contributed by atoms with Crippen LogP contribution in [-0.4, -0.2) is 34.7 Å². The van der Waals surface area contributed by atoms with Gasteiger partial charge in [0.1, 0.15) is 0 Å². The number of Topliss-reactive ketones (excluding diaryl/α,β-unsaturated/α-hetero) is 1. The first-order valence-electron chi connectivity index (χ1n) is 8.90. The fourth-order valence-electron chi connectivity index (χ4n) is 2.82. The molecular formula is C20H22BrN3O3S. The van der Waals surface area contributed by atoms with Gasteiger partial charge in [0.2, 0.25) is 0 Å². The molecule has 0 spiro atoms. The van der Waals surface area contributed by atoms with Gasteiger partial charge in [-0.2, -0.15) is 0 Å². The second kappa shape index (κ2) is 10.4. The van der Waals surface area contributed by atoms with Crippen molar-refractivity contribution < 1.29 is 9.72 Å². The summed E-state index contributed by atoms with van der Waals surface area (Å²) in [5.41, 5.74) is 2.38. The quantitative estimate of drug-likeness (QED) is 0.345. The standard InChI is InChI=1S/C20H21N3O3S.BrH/c1-2-15-7-9-17(10-8-15)22(20-21-11-4-12-27-20)14-19(24)16-5-3-6-18(13-16)23(25)26;/h3,5-10,13H,2,4,11-12,14H2,1H3;1H. The number of aliphatic imine (C=N–C) groups is 1. The molecule has 0 atom stereocenters. The van der Waals surface area contributed by atoms with Crippen LogP contribution in [0.15, 0.2) is 53.5 Å². The molecule has 1 aliphatic heterocycles. The lowest BCUT2D eigenvalue weighted by Crippen LogP contribution is -2.35. The molecule has 0 unspecified atom stereocenters. The molecule has 0 fully saturated rings. The molecule has 3 rings (SSSR count). The molecule has 0 amide bonds. The summed E-state index contributed by atoms with van der Waals surface area (Å²) < 4.78 is 0. The number of thioether (sulfide) groups is 1. The van der Waals surface area contributed by atoms with Crippen LogP contribution in [0.2, 0.25) is 0 Å². The SMILES string of the molecule is Br.CCc1ccc(N(CC(=O)c2cccc([N+](=O)[O-])c2)C2=NCCCS2)cc1. The van der Waals surface area contributed by atoms with Crippen LogP contribution in [0.3, 0.4) is 0 Å². The monoisotopic (exact) mass is 463 g/mol. The number of hydrogen-bond donors (Lipinski definition) is 0. The Kier molecular flexibility index (Phi) is 8.19. The van der Waals surface area contributed by atoms with Gasteiger partial charge in [0.15, 0.2) is 11.0 Å². The molecule has 0 saturated carbocycles. The molecule has 1 aliphatic rings. The van der Waals surface area contributed by atoms with E-state index in [1.807, 2.05) is 29.2 Å². The van der Waals surface area contributed by atoms with Crippen LogP contribution < -0.4 is 4.90 Å². The highest BCUT2D eigenvalue weighted by Crippen LogP contribution is 2.24. The van der Waals surface area contributed by atoms with Gasteiger partial charge in [-0.05, 0) is 30.5 Å². The maximum absolute atomic E-state index is 12.8. The van der Waals surface area contributed by atoms with Crippen LogP contribution in [0.25, 0.3) is 0 Å². The Morgan fingerprint density at radius 3 is 2.61 bits per heavy atom. The average molecular weight is 464 g/mol. The molecule has 0 aromatic heterocycles. The van der Waals surface area contributed by atoms with Crippen molar-refractivity contribution in [3.63, 3.8) is 0 Å². The Morgan fingerprint density at radius 1 is 1.25 bits per heavy atom. The highest BCUT2D eigenvalue weighted by Gasteiger charge is 2.21. The van der Waals surface area contributed by atoms with Crippen LogP contribution >= 0.6 is 28.7 Å². The Balaban J connectivity index is 0.00000280. The third kappa shape index (κ3) is 5.42. The molecule has 0 radical (unpaired) electrons. The summed E-state index contributed by atoms with van der Waals surface area (Å²) in [7, 11) is 0. The van der Waals surface area contributed by atoms with Crippen molar-refractivity contribution in [2.24, 2.45) is 4.99 Å². The molecular weight excluding hydrogens is 442 g/mol. The molecule has 148 valence electrons. The lowest BCUT2D eigenvalue weighted by molar-refractivity contribution is -0.384. The van der Waals surface area contributed by atoms with Crippen LogP contribution in [0.1, 0.15) is 29.3 Å². The van der Waals surface area contributed by atoms with Gasteiger partial charge in [-0.15, -0.1) is 17.0 Å². The normalized spacial score (nSPS) is 13.2. The Bertz CT molecular complexity index is 871. The second-order valence-corrected chi connectivity index (χ2v) is 7.27. The van der Waals surface area contributed by atoms with Gasteiger partial charge in [0, 0.05) is 35.7 Å². The minimum atomic E-state index is -0.487. The largest absolute Gasteiger partial charge is 0.313 e. The van der Waals surface area contributed by atoms with Crippen molar-refractivity contribution in [3.05, 3.63) is 69.8 Å². The summed E-state index contributed by atoms with van der Waals surface area (Å²) in [6, 6.07) is 14.0. The van der Waals surface area contributed by atoms with E-state index in [-0.39, 0.29) is 35.0 Å². The van der Waals surface area contributed by atoms with Crippen molar-refractivity contribution >= 4 is 51.1 Å². The first kappa shape index (κ1) is 22.1. The zero-order chi connectivity index (χ0) is 19.2. The van der Waals surface area contributed by atoms with E-state index in [9.17, 15) is 14.9 Å². The number of amidine groups is 1. The number of nitrogens with zero attached hydrogens (tertiary/aromatic N) is 3. The number of carbonyl (C=O) groups excluding carboxylic acids is 1. The number of ketones is 1. The molecule has 2 aromatic rings. The number of nitro benzene ring substituents is 1. The number of aryl methyl sites for hydroxylation is 1. The fourth-order valence-corrected chi connectivity index (χ4v) is 3.78. The molecule has 1 heterocycles. The van der Waals surface area contributed by atoms with E-state index in [0.29, 0.717) is 5.56 Å². The molecule has 0 saturated heterocycles. The third-order valence-corrected chi connectivity index (χ3v) is 5.45. The number of halogens is 1. The molecule has 6 nitrogen and oxygen atoms in total. The third-order valence-electron chi connectivity index (χ3n) is 4.35. The highest BCUT2D eigenvalue weighted by atomic mass is 79.9. The summed E-state index contributed by atoms with van der Waals surface area (Å²) in [5, 5.41) is 11.8. The maximum Gasteiger partial charge on any atom is 0.270 e. The van der Waals surface area contributed by atoms with Gasteiger partial charge in [-0.25, -0.2) is 0 Å². The van der Waals surface area contributed by atoms with Gasteiger partial charge in [0.25, 0.3) is 5.69 Å². The maximum atomic E-state index is 12.8. The van der Waals surface area contributed by atoms with E-state index < -0.39 is 4.92 Å². The smallest absolute Gasteiger partial charge is 0.270 e. The zero-order valence-corrected chi connectivity index (χ0v) is 18.1. The van der Waals surface area contributed by atoms with Crippen LogP contribution in [0, 0.1) is 10.1 Å². The number of nitro groups is 1. The topological polar surface area (TPSA) is 75.8 Å². The van der Waals surface area contributed by atoms with Gasteiger partial charge in [-0.1, -0.05) is 43.0 Å². The van der Waals surface area contributed by atoms with Gasteiger partial charge in [-0.3, -0.25) is 19.9 Å². The fraction of sp³-hybridized carbons (Fsp3) is 0.300. The summed E-state index contributed by atoms with van der Waals surface area (Å²) in [5.74, 6) is 0.792. The van der Waals surface area contributed by atoms with Crippen molar-refractivity contribution in [3.8, 4) is 0 Å². The van der Waals surface area contributed by atoms with Crippen molar-refractivity contribution in [1.29, 1.82) is 0 Å². The Labute approximate surface area is 179 Å². The van der Waals surface area contributed by atoms with Gasteiger partial charge in [0.05, 0.1) is 11.5 Å². The zero-order valence-electron chi connectivity index (χ0n) is 15.5. The molecule has 2 aromatic carbocycles. The predicted molar refractivity (Wildman–Crippen MR) is 120 cm³/mol. The number of hydrogen-bond acceptors (Lipinski definition) is 6. The molecule has 8 heteroatoms. The van der Waals surface area contributed by atoms with Gasteiger partial charge < -0.3 is 4.90 Å². The lowest BCUT2D eigenvalue weighted by Gasteiger charge is -2.27. The van der Waals surface area contributed by atoms with Crippen molar-refractivity contribution in [2.75, 3.05) is 23.7 Å². The van der Waals surface area contributed by atoms with Crippen LogP contribution in [-0.2, 0) is 6.42 Å². The summed E-state index contributed by atoms with van der Waals surface area (Å²) in [4.78, 5) is 29.8. The van der Waals surface area contributed by atoms with Crippen LogP contribution in [0.5, 0.6) is 0 Å². The highest BCUT2D eigenvalue weighted by molar-refractivity contribution is 8.93. The van der Waals surface area contributed by atoms with Crippen LogP contribution in [0.4, 0.5) is 11.4 Å². The second-order valence-electron chi connectivity index (χ2n) is 6.20. The first-order chi connectivity index (χ1) is 13.1. The minimum Gasteiger partial charge on any atom is -0.313 e. The number of anilines is 1.